The first-order valence-corrected chi connectivity index (χ1v) is 12.2. The molecule has 2 heterocycles. The van der Waals surface area contributed by atoms with Gasteiger partial charge in [-0.15, -0.1) is 0 Å². The van der Waals surface area contributed by atoms with E-state index >= 15 is 0 Å². The second-order valence-electron chi connectivity index (χ2n) is 9.49. The van der Waals surface area contributed by atoms with Gasteiger partial charge in [0.1, 0.15) is 6.42 Å². The SMILES string of the molecule is N=C(CC(=O)N1CCC(N)=C(NN)C1)OC(=N)C1CCc2cnc(NC3Cc4ccccc4C3)nc21. The highest BCUT2D eigenvalue weighted by Gasteiger charge is 2.32. The van der Waals surface area contributed by atoms with Crippen LogP contribution in [0.3, 0.4) is 0 Å². The Bertz CT molecular complexity index is 1220. The van der Waals surface area contributed by atoms with Gasteiger partial charge in [-0.25, -0.2) is 9.97 Å². The molecule has 0 saturated heterocycles. The Morgan fingerprint density at radius 2 is 1.92 bits per heavy atom. The molecule has 1 aliphatic heterocycles. The average Bonchev–Trinajstić information content (AvgIpc) is 3.47. The van der Waals surface area contributed by atoms with Crippen molar-refractivity contribution in [1.29, 1.82) is 10.8 Å². The number of rotatable bonds is 6. The normalized spacial score (nSPS) is 19.0. The lowest BCUT2D eigenvalue weighted by Gasteiger charge is -2.29. The number of nitrogens with two attached hydrogens (primary N) is 2. The molecule has 188 valence electrons. The zero-order chi connectivity index (χ0) is 25.2. The molecule has 1 unspecified atom stereocenters. The van der Waals surface area contributed by atoms with E-state index in [0.29, 0.717) is 36.7 Å². The molecule has 2 aliphatic carbocycles. The smallest absolute Gasteiger partial charge is 0.232 e. The average molecular weight is 490 g/mol. The van der Waals surface area contributed by atoms with Gasteiger partial charge in [-0.3, -0.25) is 21.5 Å². The summed E-state index contributed by atoms with van der Waals surface area (Å²) in [4.78, 5) is 23.4. The van der Waals surface area contributed by atoms with Crippen LogP contribution in [0.4, 0.5) is 5.95 Å². The maximum absolute atomic E-state index is 12.6. The zero-order valence-electron chi connectivity index (χ0n) is 20.0. The first-order valence-electron chi connectivity index (χ1n) is 12.2. The van der Waals surface area contributed by atoms with Crippen LogP contribution in [0.2, 0.25) is 0 Å². The molecule has 1 aromatic heterocycles. The fraction of sp³-hybridized carbons (Fsp3) is 0.400. The molecule has 11 heteroatoms. The number of aromatic nitrogens is 2. The molecule has 5 rings (SSSR count). The van der Waals surface area contributed by atoms with E-state index in [-0.39, 0.29) is 42.6 Å². The molecule has 1 aromatic carbocycles. The van der Waals surface area contributed by atoms with Gasteiger partial charge in [-0.05, 0) is 42.4 Å². The van der Waals surface area contributed by atoms with Gasteiger partial charge in [-0.2, -0.15) is 0 Å². The number of hydrogen-bond donors (Lipinski definition) is 6. The van der Waals surface area contributed by atoms with Crippen LogP contribution in [0.25, 0.3) is 0 Å². The number of carbonyl (C=O) groups excluding carboxylic acids is 1. The van der Waals surface area contributed by atoms with Crippen LogP contribution in [-0.2, 0) is 28.8 Å². The molecule has 36 heavy (non-hydrogen) atoms. The van der Waals surface area contributed by atoms with E-state index in [0.717, 1.165) is 30.5 Å². The summed E-state index contributed by atoms with van der Waals surface area (Å²) in [5.74, 6) is 5.03. The minimum absolute atomic E-state index is 0.0726. The number of carbonyl (C=O) groups is 1. The number of hydrogen-bond acceptors (Lipinski definition) is 10. The van der Waals surface area contributed by atoms with E-state index in [1.165, 1.54) is 11.1 Å². The molecule has 0 bridgehead atoms. The number of hydrazine groups is 1. The highest BCUT2D eigenvalue weighted by atomic mass is 16.5. The maximum atomic E-state index is 12.6. The van der Waals surface area contributed by atoms with Crippen LogP contribution < -0.4 is 22.3 Å². The van der Waals surface area contributed by atoms with E-state index in [1.807, 2.05) is 6.20 Å². The number of amides is 1. The third-order valence-electron chi connectivity index (χ3n) is 7.09. The summed E-state index contributed by atoms with van der Waals surface area (Å²) in [5, 5.41) is 20.1. The van der Waals surface area contributed by atoms with Gasteiger partial charge in [0.15, 0.2) is 11.8 Å². The summed E-state index contributed by atoms with van der Waals surface area (Å²) in [7, 11) is 0. The van der Waals surface area contributed by atoms with Gasteiger partial charge in [0.2, 0.25) is 11.9 Å². The minimum atomic E-state index is -0.370. The number of benzene rings is 1. The Balaban J connectivity index is 1.18. The van der Waals surface area contributed by atoms with Gasteiger partial charge in [0, 0.05) is 30.9 Å². The predicted octanol–water partition coefficient (Wildman–Crippen LogP) is 1.31. The fourth-order valence-electron chi connectivity index (χ4n) is 5.14. The largest absolute Gasteiger partial charge is 0.429 e. The molecular formula is C25H31N9O2. The van der Waals surface area contributed by atoms with E-state index in [9.17, 15) is 4.79 Å². The lowest BCUT2D eigenvalue weighted by molar-refractivity contribution is -0.129. The molecule has 3 aliphatic rings. The van der Waals surface area contributed by atoms with E-state index < -0.39 is 0 Å². The second-order valence-corrected chi connectivity index (χ2v) is 9.49. The van der Waals surface area contributed by atoms with E-state index in [1.54, 1.807) is 4.90 Å². The Morgan fingerprint density at radius 3 is 2.64 bits per heavy atom. The molecule has 2 aromatic rings. The molecule has 0 saturated carbocycles. The van der Waals surface area contributed by atoms with Gasteiger partial charge < -0.3 is 26.1 Å². The van der Waals surface area contributed by atoms with E-state index in [2.05, 4.69) is 40.0 Å². The number of aryl methyl sites for hydroxylation is 1. The standard InChI is InChI=1S/C25H31N9O2/c26-19-7-8-34(13-20(19)33-29)22(35)11-21(27)36-24(28)18-6-5-16-12-30-25(32-23(16)18)31-17-9-14-3-1-2-4-15(14)10-17/h1-4,12,17-18,27-28,33H,5-11,13,26,29H2,(H,30,31,32). The highest BCUT2D eigenvalue weighted by molar-refractivity contribution is 6.01. The fourth-order valence-corrected chi connectivity index (χ4v) is 5.14. The minimum Gasteiger partial charge on any atom is -0.429 e. The van der Waals surface area contributed by atoms with Crippen molar-refractivity contribution in [2.75, 3.05) is 18.4 Å². The summed E-state index contributed by atoms with van der Waals surface area (Å²) < 4.78 is 5.50. The Morgan fingerprint density at radius 1 is 1.17 bits per heavy atom. The summed E-state index contributed by atoms with van der Waals surface area (Å²) in [6, 6.07) is 8.65. The van der Waals surface area contributed by atoms with Crippen molar-refractivity contribution in [3.63, 3.8) is 0 Å². The van der Waals surface area contributed by atoms with Crippen LogP contribution >= 0.6 is 0 Å². The summed E-state index contributed by atoms with van der Waals surface area (Å²) in [5.41, 5.74) is 14.1. The Hall–Kier alpha value is -3.99. The Kier molecular flexibility index (Phi) is 6.55. The van der Waals surface area contributed by atoms with Gasteiger partial charge in [0.05, 0.1) is 23.9 Å². The molecule has 11 nitrogen and oxygen atoms in total. The second kappa shape index (κ2) is 9.94. The van der Waals surface area contributed by atoms with Gasteiger partial charge in [-0.1, -0.05) is 24.3 Å². The van der Waals surface area contributed by atoms with Crippen molar-refractivity contribution in [2.45, 2.75) is 50.5 Å². The first kappa shape index (κ1) is 23.7. The maximum Gasteiger partial charge on any atom is 0.232 e. The quantitative estimate of drug-likeness (QED) is 0.152. The summed E-state index contributed by atoms with van der Waals surface area (Å²) >= 11 is 0. The van der Waals surface area contributed by atoms with Crippen LogP contribution in [0.1, 0.15) is 47.6 Å². The third-order valence-corrected chi connectivity index (χ3v) is 7.09. The van der Waals surface area contributed by atoms with Crippen LogP contribution in [0, 0.1) is 10.8 Å². The number of nitrogens with one attached hydrogen (secondary N) is 4. The lowest BCUT2D eigenvalue weighted by Crippen LogP contribution is -2.43. The van der Waals surface area contributed by atoms with Crippen molar-refractivity contribution < 1.29 is 9.53 Å². The summed E-state index contributed by atoms with van der Waals surface area (Å²) in [6.07, 6.45) is 5.33. The van der Waals surface area contributed by atoms with Crippen LogP contribution in [0.15, 0.2) is 41.9 Å². The first-order chi connectivity index (χ1) is 17.4. The molecular weight excluding hydrogens is 458 g/mol. The molecule has 1 amide bonds. The number of anilines is 1. The number of nitrogens with zero attached hydrogens (tertiary/aromatic N) is 3. The van der Waals surface area contributed by atoms with Crippen molar-refractivity contribution in [3.8, 4) is 0 Å². The number of fused-ring (bicyclic) bond motifs is 2. The van der Waals surface area contributed by atoms with E-state index in [4.69, 9.17) is 32.1 Å². The third kappa shape index (κ3) is 4.87. The lowest BCUT2D eigenvalue weighted by atomic mass is 10.1. The number of ether oxygens (including phenoxy) is 1. The van der Waals surface area contributed by atoms with Gasteiger partial charge >= 0.3 is 0 Å². The molecule has 0 radical (unpaired) electrons. The predicted molar refractivity (Wildman–Crippen MR) is 135 cm³/mol. The Labute approximate surface area is 209 Å². The van der Waals surface area contributed by atoms with Crippen LogP contribution in [0.5, 0.6) is 0 Å². The van der Waals surface area contributed by atoms with Crippen molar-refractivity contribution in [3.05, 3.63) is 64.2 Å². The van der Waals surface area contributed by atoms with Crippen LogP contribution in [-0.4, -0.2) is 51.7 Å². The van der Waals surface area contributed by atoms with Gasteiger partial charge in [0.25, 0.3) is 0 Å². The topological polar surface area (TPSA) is 179 Å². The molecule has 8 N–H and O–H groups in total. The highest BCUT2D eigenvalue weighted by Crippen LogP contribution is 2.33. The summed E-state index contributed by atoms with van der Waals surface area (Å²) in [6.45, 7) is 0.718. The molecule has 1 atom stereocenters. The van der Waals surface area contributed by atoms with Crippen molar-refractivity contribution >= 4 is 23.7 Å². The monoisotopic (exact) mass is 489 g/mol. The molecule has 0 spiro atoms. The zero-order valence-corrected chi connectivity index (χ0v) is 20.0. The van der Waals surface area contributed by atoms with Crippen molar-refractivity contribution in [2.24, 2.45) is 11.6 Å². The molecule has 0 fully saturated rings. The van der Waals surface area contributed by atoms with Crippen molar-refractivity contribution in [1.82, 2.24) is 20.3 Å².